The van der Waals surface area contributed by atoms with Crippen LogP contribution < -0.4 is 0 Å². The first-order valence-electron chi connectivity index (χ1n) is 3.76. The number of aliphatic hydroxyl groups is 1. The summed E-state index contributed by atoms with van der Waals surface area (Å²) in [6.45, 7) is 0. The molecule has 1 heterocycles. The third-order valence-electron chi connectivity index (χ3n) is 2.50. The fourth-order valence-electron chi connectivity index (χ4n) is 1.95. The molecule has 3 heteroatoms. The number of hydrogen-bond donors (Lipinski definition) is 1. The van der Waals surface area contributed by atoms with Gasteiger partial charge in [0.2, 0.25) is 0 Å². The highest BCUT2D eigenvalue weighted by Gasteiger charge is 2.46. The van der Waals surface area contributed by atoms with E-state index in [4.69, 9.17) is 9.84 Å². The lowest BCUT2D eigenvalue weighted by atomic mass is 10.0. The molecule has 1 saturated heterocycles. The molecule has 0 bridgehead atoms. The summed E-state index contributed by atoms with van der Waals surface area (Å²) < 4.78 is 17.9. The van der Waals surface area contributed by atoms with Crippen LogP contribution in [0.4, 0.5) is 4.39 Å². The number of halogens is 1. The molecule has 58 valence electrons. The molecule has 0 aromatic rings. The van der Waals surface area contributed by atoms with Crippen molar-refractivity contribution in [3.8, 4) is 0 Å². The zero-order chi connectivity index (χ0) is 7.14. The summed E-state index contributed by atoms with van der Waals surface area (Å²) in [6, 6.07) is 0. The van der Waals surface area contributed by atoms with Gasteiger partial charge in [-0.15, -0.1) is 0 Å². The summed E-state index contributed by atoms with van der Waals surface area (Å²) in [5, 5.41) is 8.91. The van der Waals surface area contributed by atoms with Gasteiger partial charge in [-0.3, -0.25) is 0 Å². The van der Waals surface area contributed by atoms with E-state index in [0.717, 1.165) is 19.3 Å². The van der Waals surface area contributed by atoms with Crippen LogP contribution in [0.15, 0.2) is 0 Å². The van der Waals surface area contributed by atoms with Crippen LogP contribution in [-0.4, -0.2) is 23.7 Å². The number of aliphatic hydroxyl groups excluding tert-OH is 1. The van der Waals surface area contributed by atoms with Crippen LogP contribution in [0.3, 0.4) is 0 Å². The lowest BCUT2D eigenvalue weighted by molar-refractivity contribution is -0.112. The molecule has 4 atom stereocenters. The molecule has 2 aliphatic rings. The van der Waals surface area contributed by atoms with Crippen molar-refractivity contribution in [1.29, 1.82) is 0 Å². The summed E-state index contributed by atoms with van der Waals surface area (Å²) in [6.07, 6.45) is 0.570. The van der Waals surface area contributed by atoms with Gasteiger partial charge in [0, 0.05) is 5.92 Å². The van der Waals surface area contributed by atoms with Crippen molar-refractivity contribution in [2.24, 2.45) is 5.92 Å². The highest BCUT2D eigenvalue weighted by atomic mass is 19.1. The first kappa shape index (κ1) is 6.55. The van der Waals surface area contributed by atoms with Crippen LogP contribution in [0.1, 0.15) is 19.3 Å². The zero-order valence-electron chi connectivity index (χ0n) is 5.66. The van der Waals surface area contributed by atoms with Crippen LogP contribution in [0.25, 0.3) is 0 Å². The maximum atomic E-state index is 12.9. The van der Waals surface area contributed by atoms with E-state index in [-0.39, 0.29) is 12.0 Å². The van der Waals surface area contributed by atoms with Crippen molar-refractivity contribution >= 4 is 0 Å². The normalized spacial score (nSPS) is 53.4. The van der Waals surface area contributed by atoms with Gasteiger partial charge in [-0.1, -0.05) is 6.42 Å². The summed E-state index contributed by atoms with van der Waals surface area (Å²) in [4.78, 5) is 0. The molecule has 1 saturated carbocycles. The Balaban J connectivity index is 2.09. The Labute approximate surface area is 59.0 Å². The van der Waals surface area contributed by atoms with E-state index in [1.54, 1.807) is 0 Å². The summed E-state index contributed by atoms with van der Waals surface area (Å²) >= 11 is 0. The first-order valence-corrected chi connectivity index (χ1v) is 3.76. The second-order valence-electron chi connectivity index (χ2n) is 3.10. The number of fused-ring (bicyclic) bond motifs is 1. The second kappa shape index (κ2) is 2.17. The minimum Gasteiger partial charge on any atom is -0.366 e. The van der Waals surface area contributed by atoms with Crippen molar-refractivity contribution in [1.82, 2.24) is 0 Å². The van der Waals surface area contributed by atoms with Gasteiger partial charge in [0.1, 0.15) is 0 Å². The van der Waals surface area contributed by atoms with Gasteiger partial charge in [0.15, 0.2) is 12.5 Å². The van der Waals surface area contributed by atoms with Gasteiger partial charge in [-0.05, 0) is 12.8 Å². The highest BCUT2D eigenvalue weighted by Crippen LogP contribution is 2.39. The van der Waals surface area contributed by atoms with E-state index in [2.05, 4.69) is 0 Å². The van der Waals surface area contributed by atoms with Gasteiger partial charge < -0.3 is 9.84 Å². The highest BCUT2D eigenvalue weighted by molar-refractivity contribution is 4.90. The number of hydrogen-bond acceptors (Lipinski definition) is 2. The van der Waals surface area contributed by atoms with Crippen LogP contribution in [-0.2, 0) is 4.74 Å². The molecular weight excluding hydrogens is 135 g/mol. The van der Waals surface area contributed by atoms with Crippen molar-refractivity contribution in [3.05, 3.63) is 0 Å². The van der Waals surface area contributed by atoms with E-state index >= 15 is 0 Å². The number of ether oxygens (including phenoxy) is 1. The Hall–Kier alpha value is -0.150. The Morgan fingerprint density at radius 1 is 1.40 bits per heavy atom. The molecule has 0 spiro atoms. The summed E-state index contributed by atoms with van der Waals surface area (Å²) in [7, 11) is 0. The number of alkyl halides is 1. The quantitative estimate of drug-likeness (QED) is 0.548. The molecule has 2 rings (SSSR count). The van der Waals surface area contributed by atoms with E-state index in [1.165, 1.54) is 0 Å². The largest absolute Gasteiger partial charge is 0.366 e. The molecular formula is C7H11FO2. The fraction of sp³-hybridized carbons (Fsp3) is 1.00. The molecule has 2 nitrogen and oxygen atoms in total. The van der Waals surface area contributed by atoms with E-state index in [9.17, 15) is 4.39 Å². The topological polar surface area (TPSA) is 29.5 Å². The molecule has 1 N–H and O–H groups in total. The Bertz CT molecular complexity index is 138. The van der Waals surface area contributed by atoms with E-state index < -0.39 is 12.5 Å². The van der Waals surface area contributed by atoms with E-state index in [1.807, 2.05) is 0 Å². The Morgan fingerprint density at radius 3 is 2.90 bits per heavy atom. The van der Waals surface area contributed by atoms with Crippen LogP contribution >= 0.6 is 0 Å². The first-order chi connectivity index (χ1) is 4.79. The molecule has 1 aliphatic carbocycles. The predicted octanol–water partition coefficient (Wildman–Crippen LogP) is 0.842. The minimum atomic E-state index is -1.14. The number of rotatable bonds is 0. The molecule has 10 heavy (non-hydrogen) atoms. The summed E-state index contributed by atoms with van der Waals surface area (Å²) in [5.74, 6) is -0.0185. The standard InChI is InChI=1S/C7H11FO2/c8-6-4-2-1-3-5(4)10-7(6)9/h4-7,9H,1-3H2. The SMILES string of the molecule is OC1OC2CCCC2C1F. The maximum absolute atomic E-state index is 12.9. The average Bonchev–Trinajstić information content (AvgIpc) is 2.41. The molecule has 0 radical (unpaired) electrons. The summed E-state index contributed by atoms with van der Waals surface area (Å²) in [5.41, 5.74) is 0. The maximum Gasteiger partial charge on any atom is 0.186 e. The van der Waals surface area contributed by atoms with Gasteiger partial charge >= 0.3 is 0 Å². The van der Waals surface area contributed by atoms with Gasteiger partial charge in [-0.25, -0.2) is 4.39 Å². The van der Waals surface area contributed by atoms with Gasteiger partial charge in [0.25, 0.3) is 0 Å². The van der Waals surface area contributed by atoms with Gasteiger partial charge in [0.05, 0.1) is 6.10 Å². The van der Waals surface area contributed by atoms with Crippen molar-refractivity contribution in [2.45, 2.75) is 37.8 Å². The minimum absolute atomic E-state index is 0.00463. The van der Waals surface area contributed by atoms with Gasteiger partial charge in [-0.2, -0.15) is 0 Å². The Morgan fingerprint density at radius 2 is 2.20 bits per heavy atom. The van der Waals surface area contributed by atoms with E-state index in [0.29, 0.717) is 0 Å². The molecule has 1 aliphatic heterocycles. The van der Waals surface area contributed by atoms with Crippen molar-refractivity contribution in [2.75, 3.05) is 0 Å². The molecule has 0 aromatic carbocycles. The smallest absolute Gasteiger partial charge is 0.186 e. The molecule has 0 aromatic heterocycles. The second-order valence-corrected chi connectivity index (χ2v) is 3.10. The predicted molar refractivity (Wildman–Crippen MR) is 33.1 cm³/mol. The zero-order valence-corrected chi connectivity index (χ0v) is 5.66. The fourth-order valence-corrected chi connectivity index (χ4v) is 1.95. The lowest BCUT2D eigenvalue weighted by Crippen LogP contribution is -2.20. The molecule has 0 amide bonds. The third kappa shape index (κ3) is 0.772. The van der Waals surface area contributed by atoms with Crippen LogP contribution in [0.2, 0.25) is 0 Å². The Kier molecular flexibility index (Phi) is 1.42. The van der Waals surface area contributed by atoms with Crippen molar-refractivity contribution in [3.63, 3.8) is 0 Å². The molecule has 2 fully saturated rings. The van der Waals surface area contributed by atoms with Crippen molar-refractivity contribution < 1.29 is 14.2 Å². The lowest BCUT2D eigenvalue weighted by Gasteiger charge is -2.06. The molecule has 4 unspecified atom stereocenters. The third-order valence-corrected chi connectivity index (χ3v) is 2.50. The monoisotopic (exact) mass is 146 g/mol. The van der Waals surface area contributed by atoms with Crippen LogP contribution in [0.5, 0.6) is 0 Å². The average molecular weight is 146 g/mol. The van der Waals surface area contributed by atoms with Crippen LogP contribution in [0, 0.1) is 5.92 Å².